The fourth-order valence-corrected chi connectivity index (χ4v) is 7.39. The Kier molecular flexibility index (Phi) is 2.81. The summed E-state index contributed by atoms with van der Waals surface area (Å²) in [5.74, 6) is 0.506. The van der Waals surface area contributed by atoms with Gasteiger partial charge in [-0.05, 0) is 80.0 Å². The van der Waals surface area contributed by atoms with Crippen LogP contribution >= 0.6 is 0 Å². The largest absolute Gasteiger partial charge is 0.481 e. The van der Waals surface area contributed by atoms with Crippen molar-refractivity contribution in [2.75, 3.05) is 0 Å². The van der Waals surface area contributed by atoms with Gasteiger partial charge in [-0.2, -0.15) is 0 Å². The molecule has 0 heterocycles. The van der Waals surface area contributed by atoms with Gasteiger partial charge >= 0.3 is 5.97 Å². The monoisotopic (exact) mass is 302 g/mol. The molecule has 2 nitrogen and oxygen atoms in total. The maximum atomic E-state index is 12.0. The number of carbonyl (C=O) groups is 1. The minimum atomic E-state index is -0.554. The van der Waals surface area contributed by atoms with E-state index in [-0.39, 0.29) is 5.41 Å². The van der Waals surface area contributed by atoms with E-state index in [4.69, 9.17) is 0 Å². The molecule has 3 fully saturated rings. The lowest BCUT2D eigenvalue weighted by molar-refractivity contribution is -0.179. The minimum absolute atomic E-state index is 0.222. The summed E-state index contributed by atoms with van der Waals surface area (Å²) in [6.45, 7) is 6.90. The van der Waals surface area contributed by atoms with Crippen LogP contribution in [0, 0.1) is 33.5 Å². The van der Waals surface area contributed by atoms with Crippen molar-refractivity contribution in [3.8, 4) is 0 Å². The average molecular weight is 302 g/mol. The van der Waals surface area contributed by atoms with E-state index in [1.165, 1.54) is 32.1 Å². The second-order valence-corrected chi connectivity index (χ2v) is 9.66. The smallest absolute Gasteiger partial charge is 0.309 e. The number of aliphatic carboxylic acids is 1. The van der Waals surface area contributed by atoms with Crippen molar-refractivity contribution in [3.05, 3.63) is 12.2 Å². The third-order valence-electron chi connectivity index (χ3n) is 8.41. The molecule has 2 bridgehead atoms. The molecule has 1 N–H and O–H groups in total. The fourth-order valence-electron chi connectivity index (χ4n) is 7.39. The zero-order chi connectivity index (χ0) is 15.8. The summed E-state index contributed by atoms with van der Waals surface area (Å²) < 4.78 is 0. The second kappa shape index (κ2) is 4.19. The van der Waals surface area contributed by atoms with E-state index in [0.717, 1.165) is 19.3 Å². The normalized spacial score (nSPS) is 56.3. The van der Waals surface area contributed by atoms with Gasteiger partial charge in [0, 0.05) is 0 Å². The van der Waals surface area contributed by atoms with Crippen molar-refractivity contribution in [1.29, 1.82) is 0 Å². The molecule has 122 valence electrons. The highest BCUT2D eigenvalue weighted by Crippen LogP contribution is 2.71. The summed E-state index contributed by atoms with van der Waals surface area (Å²) in [6.07, 6.45) is 14.5. The number of hydrogen-bond donors (Lipinski definition) is 1. The van der Waals surface area contributed by atoms with Crippen molar-refractivity contribution in [2.24, 2.45) is 33.5 Å². The van der Waals surface area contributed by atoms with Crippen LogP contribution in [-0.4, -0.2) is 11.1 Å². The molecule has 2 heteroatoms. The maximum Gasteiger partial charge on any atom is 0.309 e. The summed E-state index contributed by atoms with van der Waals surface area (Å²) in [6, 6.07) is 0. The van der Waals surface area contributed by atoms with Crippen molar-refractivity contribution in [1.82, 2.24) is 0 Å². The van der Waals surface area contributed by atoms with Crippen LogP contribution in [0.1, 0.15) is 72.1 Å². The molecule has 0 aliphatic heterocycles. The quantitative estimate of drug-likeness (QED) is 0.689. The Labute approximate surface area is 134 Å². The molecular formula is C20H30O2. The molecule has 3 saturated carbocycles. The molecule has 0 amide bonds. The first-order valence-electron chi connectivity index (χ1n) is 9.18. The zero-order valence-corrected chi connectivity index (χ0v) is 14.3. The third kappa shape index (κ3) is 1.65. The molecule has 0 aromatic carbocycles. The molecule has 1 spiro atoms. The predicted molar refractivity (Wildman–Crippen MR) is 87.4 cm³/mol. The van der Waals surface area contributed by atoms with E-state index < -0.39 is 11.4 Å². The summed E-state index contributed by atoms with van der Waals surface area (Å²) in [7, 11) is 0. The molecule has 0 radical (unpaired) electrons. The lowest BCUT2D eigenvalue weighted by Crippen LogP contribution is -2.58. The van der Waals surface area contributed by atoms with E-state index in [2.05, 4.69) is 26.0 Å². The van der Waals surface area contributed by atoms with Gasteiger partial charge in [0.2, 0.25) is 0 Å². The first kappa shape index (κ1) is 14.8. The van der Waals surface area contributed by atoms with E-state index >= 15 is 0 Å². The maximum absolute atomic E-state index is 12.0. The Morgan fingerprint density at radius 3 is 2.45 bits per heavy atom. The van der Waals surface area contributed by atoms with Crippen LogP contribution in [0.2, 0.25) is 0 Å². The van der Waals surface area contributed by atoms with Crippen molar-refractivity contribution < 1.29 is 9.90 Å². The number of carboxylic acids is 1. The second-order valence-electron chi connectivity index (χ2n) is 9.66. The van der Waals surface area contributed by atoms with Crippen LogP contribution in [0.25, 0.3) is 0 Å². The molecule has 0 aromatic rings. The summed E-state index contributed by atoms with van der Waals surface area (Å²) in [4.78, 5) is 12.0. The first-order valence-corrected chi connectivity index (χ1v) is 9.18. The van der Waals surface area contributed by atoms with Gasteiger partial charge in [-0.1, -0.05) is 32.4 Å². The van der Waals surface area contributed by atoms with E-state index in [1.807, 2.05) is 6.92 Å². The fraction of sp³-hybridized carbons (Fsp3) is 0.850. The summed E-state index contributed by atoms with van der Waals surface area (Å²) >= 11 is 0. The highest BCUT2D eigenvalue weighted by atomic mass is 16.4. The molecule has 0 saturated heterocycles. The number of allylic oxidation sites excluding steroid dienone is 2. The van der Waals surface area contributed by atoms with Crippen LogP contribution in [0.3, 0.4) is 0 Å². The summed E-state index contributed by atoms with van der Waals surface area (Å²) in [5, 5.41) is 9.90. The highest BCUT2D eigenvalue weighted by molar-refractivity contribution is 5.75. The number of hydrogen-bond acceptors (Lipinski definition) is 1. The SMILES string of the molecule is C[C@]12C=C[C@@]3(CCC4[C@@](C)(CCC[C@]4(C)C(=O)O)C3CC1)C2. The average Bonchev–Trinajstić information content (AvgIpc) is 2.68. The summed E-state index contributed by atoms with van der Waals surface area (Å²) in [5.41, 5.74) is 0.525. The van der Waals surface area contributed by atoms with E-state index in [0.29, 0.717) is 22.7 Å². The number of carboxylic acid groups (broad SMARTS) is 1. The van der Waals surface area contributed by atoms with Crippen LogP contribution in [0.15, 0.2) is 12.2 Å². The van der Waals surface area contributed by atoms with Crippen LogP contribution in [0.4, 0.5) is 0 Å². The molecule has 2 unspecified atom stereocenters. The highest BCUT2D eigenvalue weighted by Gasteiger charge is 2.64. The number of rotatable bonds is 1. The third-order valence-corrected chi connectivity index (χ3v) is 8.41. The predicted octanol–water partition coefficient (Wildman–Crippen LogP) is 5.04. The van der Waals surface area contributed by atoms with Crippen LogP contribution < -0.4 is 0 Å². The van der Waals surface area contributed by atoms with E-state index in [1.54, 1.807) is 0 Å². The minimum Gasteiger partial charge on any atom is -0.481 e. The van der Waals surface area contributed by atoms with Crippen molar-refractivity contribution >= 4 is 5.97 Å². The Bertz CT molecular complexity index is 552. The molecule has 6 atom stereocenters. The van der Waals surface area contributed by atoms with Gasteiger partial charge in [0.15, 0.2) is 0 Å². The lowest BCUT2D eigenvalue weighted by Gasteiger charge is -2.63. The Morgan fingerprint density at radius 1 is 1.00 bits per heavy atom. The van der Waals surface area contributed by atoms with Gasteiger partial charge in [0.25, 0.3) is 0 Å². The lowest BCUT2D eigenvalue weighted by atomic mass is 9.40. The Balaban J connectivity index is 1.75. The Morgan fingerprint density at radius 2 is 1.73 bits per heavy atom. The molecular weight excluding hydrogens is 272 g/mol. The first-order chi connectivity index (χ1) is 10.2. The molecule has 4 aliphatic carbocycles. The molecule has 4 aliphatic rings. The molecule has 4 rings (SSSR count). The zero-order valence-electron chi connectivity index (χ0n) is 14.3. The van der Waals surface area contributed by atoms with Gasteiger partial charge in [0.05, 0.1) is 5.41 Å². The Hall–Kier alpha value is -0.790. The van der Waals surface area contributed by atoms with Crippen molar-refractivity contribution in [2.45, 2.75) is 72.1 Å². The standard InChI is InChI=1S/C20H30O2/c1-17-9-5-15-18(2)7-4-8-19(3,16(21)22)14(18)6-10-20(15,13-17)12-11-17/h11-12,14-15H,4-10,13H2,1-3H3,(H,21,22)/t14?,15?,17-,18-,19+,20+/m1/s1. The van der Waals surface area contributed by atoms with Crippen LogP contribution in [0.5, 0.6) is 0 Å². The van der Waals surface area contributed by atoms with Gasteiger partial charge < -0.3 is 5.11 Å². The topological polar surface area (TPSA) is 37.3 Å². The van der Waals surface area contributed by atoms with Gasteiger partial charge in [-0.25, -0.2) is 0 Å². The number of fused-ring (bicyclic) bond motifs is 3. The molecule has 22 heavy (non-hydrogen) atoms. The van der Waals surface area contributed by atoms with Gasteiger partial charge in [-0.15, -0.1) is 0 Å². The van der Waals surface area contributed by atoms with Crippen LogP contribution in [-0.2, 0) is 4.79 Å². The molecule has 0 aromatic heterocycles. The van der Waals surface area contributed by atoms with E-state index in [9.17, 15) is 9.90 Å². The van der Waals surface area contributed by atoms with Gasteiger partial charge in [-0.3, -0.25) is 4.79 Å². The van der Waals surface area contributed by atoms with Crippen molar-refractivity contribution in [3.63, 3.8) is 0 Å². The van der Waals surface area contributed by atoms with Gasteiger partial charge in [0.1, 0.15) is 0 Å².